The molecule has 0 aliphatic rings. The topological polar surface area (TPSA) is 15.6 Å². The molecule has 0 fully saturated rings. The molecular formula is C10H13Br2N2P. The maximum absolute atomic E-state index is 4.58. The van der Waals surface area contributed by atoms with E-state index in [1.165, 1.54) is 5.56 Å². The number of amidine groups is 1. The van der Waals surface area contributed by atoms with Crippen molar-refractivity contribution in [1.29, 1.82) is 0 Å². The summed E-state index contributed by atoms with van der Waals surface area (Å²) in [6, 6.07) is 8.18. The number of aryl methyl sites for hydroxylation is 1. The molecule has 1 rings (SSSR count). The molecule has 1 aromatic carbocycles. The van der Waals surface area contributed by atoms with Crippen LogP contribution < -0.4 is 0 Å². The molecular weight excluding hydrogens is 339 g/mol. The van der Waals surface area contributed by atoms with Gasteiger partial charge < -0.3 is 4.90 Å². The van der Waals surface area contributed by atoms with Crippen LogP contribution in [-0.2, 0) is 0 Å². The van der Waals surface area contributed by atoms with Crippen molar-refractivity contribution in [3.05, 3.63) is 29.8 Å². The van der Waals surface area contributed by atoms with Gasteiger partial charge in [-0.3, -0.25) is 0 Å². The smallest absolute Gasteiger partial charge is 0.149 e. The number of aliphatic imine (C=N–C) groups is 1. The van der Waals surface area contributed by atoms with E-state index in [1.54, 1.807) is 0 Å². The molecule has 2 nitrogen and oxygen atoms in total. The quantitative estimate of drug-likeness (QED) is 0.430. The van der Waals surface area contributed by atoms with Gasteiger partial charge in [-0.25, -0.2) is 4.99 Å². The molecule has 82 valence electrons. The number of rotatable bonds is 2. The van der Waals surface area contributed by atoms with Crippen molar-refractivity contribution < 1.29 is 0 Å². The minimum Gasteiger partial charge on any atom is -0.361 e. The Morgan fingerprint density at radius 1 is 1.20 bits per heavy atom. The summed E-state index contributed by atoms with van der Waals surface area (Å²) in [5.41, 5.74) is 3.24. The molecule has 0 saturated heterocycles. The number of benzene rings is 1. The summed E-state index contributed by atoms with van der Waals surface area (Å²) in [4.78, 5) is 6.59. The van der Waals surface area contributed by atoms with Crippen molar-refractivity contribution in [2.45, 2.75) is 6.92 Å². The molecule has 0 aromatic heterocycles. The average molecular weight is 352 g/mol. The highest BCUT2D eigenvalue weighted by atomic mass is 79.9. The van der Waals surface area contributed by atoms with E-state index in [-0.39, 0.29) is 0 Å². The molecule has 0 saturated carbocycles. The van der Waals surface area contributed by atoms with E-state index in [1.807, 2.05) is 31.1 Å². The average Bonchev–Trinajstić information content (AvgIpc) is 2.15. The Morgan fingerprint density at radius 2 is 1.73 bits per heavy atom. The minimum absolute atomic E-state index is 0.534. The summed E-state index contributed by atoms with van der Waals surface area (Å²) in [5, 5.41) is -0.534. The Hall–Kier alpha value is 0.0800. The van der Waals surface area contributed by atoms with Crippen LogP contribution >= 0.6 is 36.3 Å². The van der Waals surface area contributed by atoms with Gasteiger partial charge in [-0.2, -0.15) is 0 Å². The summed E-state index contributed by atoms with van der Waals surface area (Å²) in [6.45, 7) is 2.07. The van der Waals surface area contributed by atoms with E-state index in [4.69, 9.17) is 0 Å². The summed E-state index contributed by atoms with van der Waals surface area (Å²) in [5.74, 6) is 0. The van der Waals surface area contributed by atoms with Crippen LogP contribution in [0, 0.1) is 6.92 Å². The molecule has 5 heteroatoms. The molecule has 0 N–H and O–H groups in total. The summed E-state index contributed by atoms with van der Waals surface area (Å²) >= 11 is 7.04. The second kappa shape index (κ2) is 5.97. The van der Waals surface area contributed by atoms with Gasteiger partial charge in [0.05, 0.1) is 5.69 Å². The van der Waals surface area contributed by atoms with Crippen LogP contribution in [0.2, 0.25) is 0 Å². The second-order valence-electron chi connectivity index (χ2n) is 3.37. The molecule has 0 atom stereocenters. The molecule has 0 bridgehead atoms. The third kappa shape index (κ3) is 4.21. The summed E-state index contributed by atoms with van der Waals surface area (Å²) in [6.07, 6.45) is 0. The van der Waals surface area contributed by atoms with Gasteiger partial charge >= 0.3 is 0 Å². The van der Waals surface area contributed by atoms with Crippen LogP contribution in [0.4, 0.5) is 5.69 Å². The van der Waals surface area contributed by atoms with Crippen LogP contribution in [-0.4, -0.2) is 24.6 Å². The van der Waals surface area contributed by atoms with Crippen LogP contribution in [0.15, 0.2) is 29.3 Å². The van der Waals surface area contributed by atoms with Crippen LogP contribution in [0.1, 0.15) is 5.56 Å². The van der Waals surface area contributed by atoms with Gasteiger partial charge in [0, 0.05) is 14.1 Å². The lowest BCUT2D eigenvalue weighted by atomic mass is 10.2. The Bertz CT molecular complexity index is 337. The highest BCUT2D eigenvalue weighted by Gasteiger charge is 2.10. The van der Waals surface area contributed by atoms with Crippen molar-refractivity contribution in [3.63, 3.8) is 0 Å². The Labute approximate surface area is 108 Å². The van der Waals surface area contributed by atoms with Gasteiger partial charge in [0.1, 0.15) is 10.9 Å². The Kier molecular flexibility index (Phi) is 5.24. The lowest BCUT2D eigenvalue weighted by Crippen LogP contribution is -2.17. The predicted molar refractivity (Wildman–Crippen MR) is 76.7 cm³/mol. The number of hydrogen-bond acceptors (Lipinski definition) is 1. The third-order valence-electron chi connectivity index (χ3n) is 1.81. The number of halogens is 2. The monoisotopic (exact) mass is 350 g/mol. The van der Waals surface area contributed by atoms with E-state index < -0.39 is 5.33 Å². The first-order valence-corrected chi connectivity index (χ1v) is 9.83. The molecule has 0 spiro atoms. The van der Waals surface area contributed by atoms with E-state index in [0.717, 1.165) is 11.3 Å². The van der Waals surface area contributed by atoms with E-state index >= 15 is 0 Å². The Morgan fingerprint density at radius 3 is 2.13 bits per heavy atom. The molecule has 0 aliphatic heterocycles. The molecule has 0 amide bonds. The maximum Gasteiger partial charge on any atom is 0.149 e. The first-order valence-electron chi connectivity index (χ1n) is 4.45. The van der Waals surface area contributed by atoms with Crippen molar-refractivity contribution in [2.75, 3.05) is 14.1 Å². The Balaban J connectivity index is 2.97. The van der Waals surface area contributed by atoms with Crippen LogP contribution in [0.3, 0.4) is 0 Å². The van der Waals surface area contributed by atoms with Gasteiger partial charge in [0.15, 0.2) is 0 Å². The fourth-order valence-electron chi connectivity index (χ4n) is 1.02. The molecule has 0 heterocycles. The summed E-state index contributed by atoms with van der Waals surface area (Å²) in [7, 11) is 3.98. The van der Waals surface area contributed by atoms with Crippen molar-refractivity contribution >= 4 is 47.6 Å². The molecule has 0 unspecified atom stereocenters. The first-order chi connectivity index (χ1) is 7.00. The normalized spacial score (nSPS) is 12.0. The molecule has 15 heavy (non-hydrogen) atoms. The van der Waals surface area contributed by atoms with Crippen LogP contribution in [0.5, 0.6) is 0 Å². The second-order valence-corrected chi connectivity index (χ2v) is 11.4. The van der Waals surface area contributed by atoms with Gasteiger partial charge in [-0.1, -0.05) is 17.7 Å². The predicted octanol–water partition coefficient (Wildman–Crippen LogP) is 4.65. The van der Waals surface area contributed by atoms with Gasteiger partial charge in [0.2, 0.25) is 0 Å². The SMILES string of the molecule is Cc1ccc(N=C(N(C)C)P(Br)Br)cc1. The lowest BCUT2D eigenvalue weighted by Gasteiger charge is -2.16. The summed E-state index contributed by atoms with van der Waals surface area (Å²) < 4.78 is 0. The van der Waals surface area contributed by atoms with E-state index in [0.29, 0.717) is 0 Å². The zero-order valence-corrected chi connectivity index (χ0v) is 13.0. The number of hydrogen-bond donors (Lipinski definition) is 0. The zero-order chi connectivity index (χ0) is 11.4. The lowest BCUT2D eigenvalue weighted by molar-refractivity contribution is 0.636. The highest BCUT2D eigenvalue weighted by Crippen LogP contribution is 2.54. The maximum atomic E-state index is 4.58. The van der Waals surface area contributed by atoms with Crippen LogP contribution in [0.25, 0.3) is 0 Å². The molecule has 1 aromatic rings. The van der Waals surface area contributed by atoms with Gasteiger partial charge in [-0.05, 0) is 50.0 Å². The number of nitrogens with zero attached hydrogens (tertiary/aromatic N) is 2. The van der Waals surface area contributed by atoms with Crippen molar-refractivity contribution in [3.8, 4) is 0 Å². The van der Waals surface area contributed by atoms with Crippen molar-refractivity contribution in [1.82, 2.24) is 4.90 Å². The minimum atomic E-state index is -0.534. The highest BCUT2D eigenvalue weighted by molar-refractivity contribution is 9.71. The standard InChI is InChI=1S/C10H13Br2N2P/c1-8-4-6-9(7-5-8)13-10(14(2)3)15(11)12/h4-7H,1-3H3. The zero-order valence-electron chi connectivity index (χ0n) is 8.91. The van der Waals surface area contributed by atoms with E-state index in [2.05, 4.69) is 55.0 Å². The largest absolute Gasteiger partial charge is 0.361 e. The molecule has 0 aliphatic carbocycles. The third-order valence-corrected chi connectivity index (χ3v) is 4.52. The fraction of sp³-hybridized carbons (Fsp3) is 0.300. The molecule has 0 radical (unpaired) electrons. The fourth-order valence-corrected chi connectivity index (χ4v) is 3.90. The van der Waals surface area contributed by atoms with Gasteiger partial charge in [0.25, 0.3) is 0 Å². The van der Waals surface area contributed by atoms with E-state index in [9.17, 15) is 0 Å². The first kappa shape index (κ1) is 13.1. The van der Waals surface area contributed by atoms with Crippen molar-refractivity contribution in [2.24, 2.45) is 4.99 Å². The van der Waals surface area contributed by atoms with Gasteiger partial charge in [-0.15, -0.1) is 0 Å².